The Morgan fingerprint density at radius 1 is 1.33 bits per heavy atom. The van der Waals surface area contributed by atoms with E-state index in [1.165, 1.54) is 12.0 Å². The number of ether oxygens (including phenoxy) is 1. The number of furan rings is 1. The van der Waals surface area contributed by atoms with Gasteiger partial charge < -0.3 is 9.15 Å². The lowest BCUT2D eigenvalue weighted by atomic mass is 9.72. The van der Waals surface area contributed by atoms with E-state index in [9.17, 15) is 4.79 Å². The molecule has 3 aliphatic rings. The third kappa shape index (κ3) is 1.18. The number of aryl methyl sites for hydroxylation is 1. The summed E-state index contributed by atoms with van der Waals surface area (Å²) >= 11 is 0. The zero-order chi connectivity index (χ0) is 12.2. The van der Waals surface area contributed by atoms with Crippen LogP contribution in [0.5, 0.6) is 0 Å². The smallest absolute Gasteiger partial charge is 0.410 e. The van der Waals surface area contributed by atoms with Crippen LogP contribution in [0.1, 0.15) is 43.4 Å². The number of amides is 1. The molecule has 4 heteroatoms. The van der Waals surface area contributed by atoms with Crippen molar-refractivity contribution in [2.24, 2.45) is 0 Å². The molecule has 96 valence electrons. The molecular formula is C14H17NO3. The normalized spacial score (nSPS) is 34.3. The first-order valence-corrected chi connectivity index (χ1v) is 6.84. The average Bonchev–Trinajstić information content (AvgIpc) is 2.98. The van der Waals surface area contributed by atoms with Crippen molar-refractivity contribution in [1.82, 2.24) is 4.90 Å². The van der Waals surface area contributed by atoms with Gasteiger partial charge in [0.25, 0.3) is 0 Å². The minimum Gasteiger partial charge on any atom is -0.469 e. The number of piperidine rings is 1. The fourth-order valence-electron chi connectivity index (χ4n) is 4.08. The molecule has 1 amide bonds. The first-order valence-electron chi connectivity index (χ1n) is 6.84. The summed E-state index contributed by atoms with van der Waals surface area (Å²) in [4.78, 5) is 14.1. The molecule has 2 fully saturated rings. The fourth-order valence-corrected chi connectivity index (χ4v) is 4.08. The highest BCUT2D eigenvalue weighted by molar-refractivity contribution is 5.72. The molecule has 0 aromatic carbocycles. The lowest BCUT2D eigenvalue weighted by molar-refractivity contribution is 0.0388. The van der Waals surface area contributed by atoms with Crippen LogP contribution in [0.3, 0.4) is 0 Å². The Balaban J connectivity index is 1.85. The van der Waals surface area contributed by atoms with E-state index in [2.05, 4.69) is 6.07 Å². The molecule has 0 N–H and O–H groups in total. The van der Waals surface area contributed by atoms with Gasteiger partial charge in [-0.2, -0.15) is 0 Å². The van der Waals surface area contributed by atoms with Crippen molar-refractivity contribution in [1.29, 1.82) is 0 Å². The quantitative estimate of drug-likeness (QED) is 0.708. The first kappa shape index (κ1) is 10.5. The minimum absolute atomic E-state index is 0.131. The van der Waals surface area contributed by atoms with Gasteiger partial charge in [0.2, 0.25) is 0 Å². The molecule has 2 aliphatic heterocycles. The van der Waals surface area contributed by atoms with E-state index in [4.69, 9.17) is 9.15 Å². The van der Waals surface area contributed by atoms with Crippen molar-refractivity contribution in [2.45, 2.75) is 50.1 Å². The van der Waals surface area contributed by atoms with Crippen molar-refractivity contribution >= 4 is 6.09 Å². The van der Waals surface area contributed by atoms with E-state index in [-0.39, 0.29) is 17.7 Å². The van der Waals surface area contributed by atoms with Crippen LogP contribution >= 0.6 is 0 Å². The molecule has 1 aromatic heterocycles. The van der Waals surface area contributed by atoms with Crippen LogP contribution in [0.25, 0.3) is 0 Å². The number of cyclic esters (lactones) is 1. The third-order valence-corrected chi connectivity index (χ3v) is 4.79. The molecule has 3 heterocycles. The summed E-state index contributed by atoms with van der Waals surface area (Å²) < 4.78 is 10.9. The van der Waals surface area contributed by atoms with Crippen LogP contribution in [0.2, 0.25) is 0 Å². The molecule has 4 rings (SSSR count). The largest absolute Gasteiger partial charge is 0.469 e. The molecule has 1 aliphatic carbocycles. The standard InChI is InChI=1S/C14H17NO3/c16-13-15-10(9-18-13)3-1-6-14(15)7-2-4-12-11(14)5-8-17-12/h5,8,10H,1-4,6-7,9H2/t10-,14+/m1/s1. The maximum atomic E-state index is 12.1. The van der Waals surface area contributed by atoms with Crippen LogP contribution in [0, 0.1) is 0 Å². The second-order valence-electron chi connectivity index (χ2n) is 5.64. The van der Waals surface area contributed by atoms with Gasteiger partial charge in [0.05, 0.1) is 17.8 Å². The monoisotopic (exact) mass is 247 g/mol. The predicted octanol–water partition coefficient (Wildman–Crippen LogP) is 2.82. The molecule has 0 bridgehead atoms. The molecule has 0 unspecified atom stereocenters. The van der Waals surface area contributed by atoms with E-state index in [0.29, 0.717) is 6.61 Å². The predicted molar refractivity (Wildman–Crippen MR) is 64.2 cm³/mol. The Hall–Kier alpha value is -1.45. The Bertz CT molecular complexity index is 495. The van der Waals surface area contributed by atoms with E-state index in [1.807, 2.05) is 4.90 Å². The number of nitrogens with zero attached hydrogens (tertiary/aromatic N) is 1. The number of carbonyl (C=O) groups is 1. The molecule has 18 heavy (non-hydrogen) atoms. The Morgan fingerprint density at radius 3 is 3.17 bits per heavy atom. The summed E-state index contributed by atoms with van der Waals surface area (Å²) in [6.07, 6.45) is 8.06. The number of rotatable bonds is 0. The minimum atomic E-state index is -0.142. The summed E-state index contributed by atoms with van der Waals surface area (Å²) in [5.74, 6) is 1.07. The Morgan fingerprint density at radius 2 is 2.22 bits per heavy atom. The highest BCUT2D eigenvalue weighted by atomic mass is 16.6. The SMILES string of the molecule is O=C1OC[C@H]2CCC[C@@]3(CCCc4occc43)N12. The molecule has 4 nitrogen and oxygen atoms in total. The van der Waals surface area contributed by atoms with Crippen molar-refractivity contribution in [2.75, 3.05) is 6.61 Å². The number of hydrogen-bond donors (Lipinski definition) is 0. The van der Waals surface area contributed by atoms with Crippen LogP contribution in [0.15, 0.2) is 16.7 Å². The van der Waals surface area contributed by atoms with E-state index >= 15 is 0 Å². The highest BCUT2D eigenvalue weighted by Crippen LogP contribution is 2.49. The van der Waals surface area contributed by atoms with E-state index < -0.39 is 0 Å². The van der Waals surface area contributed by atoms with Gasteiger partial charge in [-0.3, -0.25) is 4.90 Å². The highest BCUT2D eigenvalue weighted by Gasteiger charge is 2.53. The summed E-state index contributed by atoms with van der Waals surface area (Å²) in [6.45, 7) is 0.563. The maximum Gasteiger partial charge on any atom is 0.410 e. The van der Waals surface area contributed by atoms with Gasteiger partial charge in [0.1, 0.15) is 12.4 Å². The second kappa shape index (κ2) is 3.53. The molecule has 0 radical (unpaired) electrons. The molecular weight excluding hydrogens is 230 g/mol. The van der Waals surface area contributed by atoms with Gasteiger partial charge in [0, 0.05) is 12.0 Å². The van der Waals surface area contributed by atoms with Gasteiger partial charge in [-0.15, -0.1) is 0 Å². The molecule has 1 aromatic rings. The van der Waals surface area contributed by atoms with E-state index in [1.54, 1.807) is 6.26 Å². The van der Waals surface area contributed by atoms with Gasteiger partial charge in [0.15, 0.2) is 0 Å². The zero-order valence-corrected chi connectivity index (χ0v) is 10.4. The number of carbonyl (C=O) groups excluding carboxylic acids is 1. The zero-order valence-electron chi connectivity index (χ0n) is 10.4. The third-order valence-electron chi connectivity index (χ3n) is 4.79. The molecule has 2 atom stereocenters. The lowest BCUT2D eigenvalue weighted by Gasteiger charge is -2.48. The van der Waals surface area contributed by atoms with Gasteiger partial charge in [-0.25, -0.2) is 4.79 Å². The second-order valence-corrected chi connectivity index (χ2v) is 5.64. The van der Waals surface area contributed by atoms with Crippen LogP contribution in [-0.2, 0) is 16.7 Å². The van der Waals surface area contributed by atoms with Crippen LogP contribution in [0.4, 0.5) is 4.79 Å². The van der Waals surface area contributed by atoms with Gasteiger partial charge >= 0.3 is 6.09 Å². The molecule has 0 saturated carbocycles. The summed E-state index contributed by atoms with van der Waals surface area (Å²) in [5.41, 5.74) is 1.09. The van der Waals surface area contributed by atoms with Gasteiger partial charge in [-0.1, -0.05) is 0 Å². The van der Waals surface area contributed by atoms with Crippen LogP contribution in [-0.4, -0.2) is 23.6 Å². The molecule has 1 spiro atoms. The molecule has 2 saturated heterocycles. The summed E-state index contributed by atoms with van der Waals surface area (Å²) in [6, 6.07) is 2.33. The Kier molecular flexibility index (Phi) is 2.05. The van der Waals surface area contributed by atoms with Gasteiger partial charge in [-0.05, 0) is 38.2 Å². The number of hydrogen-bond acceptors (Lipinski definition) is 3. The fraction of sp³-hybridized carbons (Fsp3) is 0.643. The Labute approximate surface area is 106 Å². The van der Waals surface area contributed by atoms with E-state index in [0.717, 1.165) is 37.9 Å². The maximum absolute atomic E-state index is 12.1. The number of fused-ring (bicyclic) bond motifs is 4. The van der Waals surface area contributed by atoms with Crippen LogP contribution < -0.4 is 0 Å². The van der Waals surface area contributed by atoms with Crippen molar-refractivity contribution in [3.63, 3.8) is 0 Å². The van der Waals surface area contributed by atoms with Crippen molar-refractivity contribution in [3.8, 4) is 0 Å². The van der Waals surface area contributed by atoms with Crippen molar-refractivity contribution in [3.05, 3.63) is 23.7 Å². The lowest BCUT2D eigenvalue weighted by Crippen LogP contribution is -2.54. The van der Waals surface area contributed by atoms with Crippen molar-refractivity contribution < 1.29 is 13.9 Å². The summed E-state index contributed by atoms with van der Waals surface area (Å²) in [5, 5.41) is 0. The summed E-state index contributed by atoms with van der Waals surface area (Å²) in [7, 11) is 0. The topological polar surface area (TPSA) is 42.7 Å². The average molecular weight is 247 g/mol. The first-order chi connectivity index (χ1) is 8.81.